The average molecular weight is 581 g/mol. The largest absolute Gasteiger partial charge is 0.493 e. The molecule has 0 fully saturated rings. The van der Waals surface area contributed by atoms with Crippen molar-refractivity contribution in [1.29, 1.82) is 0 Å². The summed E-state index contributed by atoms with van der Waals surface area (Å²) >= 11 is 1.21. The van der Waals surface area contributed by atoms with Gasteiger partial charge in [0.1, 0.15) is 0 Å². The molecule has 10 nitrogen and oxygen atoms in total. The van der Waals surface area contributed by atoms with Crippen LogP contribution in [-0.4, -0.2) is 44.4 Å². The Bertz CT molecular complexity index is 1700. The van der Waals surface area contributed by atoms with Gasteiger partial charge in [0.15, 0.2) is 27.8 Å². The smallest absolute Gasteiger partial charge is 0.338 e. The summed E-state index contributed by atoms with van der Waals surface area (Å²) in [4.78, 5) is 44.0. The van der Waals surface area contributed by atoms with E-state index >= 15 is 0 Å². The van der Waals surface area contributed by atoms with Crippen molar-refractivity contribution in [1.82, 2.24) is 4.57 Å². The van der Waals surface area contributed by atoms with Crippen molar-refractivity contribution in [3.05, 3.63) is 78.5 Å². The van der Waals surface area contributed by atoms with E-state index in [0.717, 1.165) is 5.56 Å². The van der Waals surface area contributed by atoms with Gasteiger partial charge in [-0.15, -0.1) is 0 Å². The maximum absolute atomic E-state index is 13.9. The number of aromatic nitrogens is 1. The van der Waals surface area contributed by atoms with Crippen molar-refractivity contribution >= 4 is 29.4 Å². The first-order valence-electron chi connectivity index (χ1n) is 12.9. The fourth-order valence-electron chi connectivity index (χ4n) is 4.41. The maximum atomic E-state index is 13.9. The lowest BCUT2D eigenvalue weighted by atomic mass is 9.95. The molecule has 1 aliphatic rings. The number of esters is 2. The monoisotopic (exact) mass is 580 g/mol. The topological polar surface area (TPSA) is 115 Å². The molecule has 0 saturated heterocycles. The molecule has 0 spiro atoms. The van der Waals surface area contributed by atoms with Crippen molar-refractivity contribution in [2.45, 2.75) is 33.7 Å². The Morgan fingerprint density at radius 2 is 1.66 bits per heavy atom. The number of allylic oxidation sites excluding steroid dienone is 1. The first kappa shape index (κ1) is 29.6. The number of hydrogen-bond donors (Lipinski definition) is 0. The van der Waals surface area contributed by atoms with Crippen LogP contribution in [0.4, 0.5) is 0 Å². The minimum Gasteiger partial charge on any atom is -0.493 e. The molecule has 0 radical (unpaired) electrons. The molecular formula is C30H32N2O8S. The number of fused-ring (bicyclic) bond motifs is 1. The van der Waals surface area contributed by atoms with Crippen LogP contribution in [0.15, 0.2) is 57.5 Å². The molecule has 3 aromatic rings. The SMILES string of the molecule is COc1ccc(/C=c2/sc3n(c2=O)[C@@H](c2ccc(OC(C)=O)c(OC)c2)C(C(=O)OCC(C)C)=C(C)N=3)cc1OC. The molecule has 1 atom stereocenters. The first-order valence-corrected chi connectivity index (χ1v) is 13.7. The molecule has 2 heterocycles. The van der Waals surface area contributed by atoms with Gasteiger partial charge in [-0.3, -0.25) is 14.2 Å². The van der Waals surface area contributed by atoms with Crippen LogP contribution >= 0.6 is 11.3 Å². The van der Waals surface area contributed by atoms with Crippen LogP contribution in [0.5, 0.6) is 23.0 Å². The van der Waals surface area contributed by atoms with E-state index < -0.39 is 18.0 Å². The second-order valence-electron chi connectivity index (χ2n) is 9.69. The van der Waals surface area contributed by atoms with Crippen molar-refractivity contribution in [3.63, 3.8) is 0 Å². The number of hydrogen-bond acceptors (Lipinski definition) is 10. The van der Waals surface area contributed by atoms with Gasteiger partial charge < -0.3 is 23.7 Å². The number of carbonyl (C=O) groups is 2. The van der Waals surface area contributed by atoms with Crippen LogP contribution in [0.1, 0.15) is 44.9 Å². The highest BCUT2D eigenvalue weighted by Gasteiger charge is 2.34. The summed E-state index contributed by atoms with van der Waals surface area (Å²) in [5, 5.41) is 0. The van der Waals surface area contributed by atoms with Crippen molar-refractivity contribution in [3.8, 4) is 23.0 Å². The summed E-state index contributed by atoms with van der Waals surface area (Å²) in [7, 11) is 4.54. The molecule has 0 bridgehead atoms. The third kappa shape index (κ3) is 6.19. The molecular weight excluding hydrogens is 548 g/mol. The van der Waals surface area contributed by atoms with E-state index in [1.165, 1.54) is 29.9 Å². The Morgan fingerprint density at radius 1 is 1.00 bits per heavy atom. The van der Waals surface area contributed by atoms with Gasteiger partial charge in [-0.25, -0.2) is 9.79 Å². The summed E-state index contributed by atoms with van der Waals surface area (Å²) < 4.78 is 29.0. The minimum absolute atomic E-state index is 0.115. The number of thiazole rings is 1. The Balaban J connectivity index is 1.92. The Morgan fingerprint density at radius 3 is 2.29 bits per heavy atom. The first-order chi connectivity index (χ1) is 19.6. The molecule has 2 aromatic carbocycles. The molecule has 11 heteroatoms. The molecule has 0 N–H and O–H groups in total. The lowest BCUT2D eigenvalue weighted by Crippen LogP contribution is -2.40. The lowest BCUT2D eigenvalue weighted by molar-refractivity contribution is -0.140. The van der Waals surface area contributed by atoms with Gasteiger partial charge in [0.2, 0.25) is 0 Å². The van der Waals surface area contributed by atoms with Crippen molar-refractivity contribution in [2.24, 2.45) is 10.9 Å². The van der Waals surface area contributed by atoms with E-state index in [9.17, 15) is 14.4 Å². The normalized spacial score (nSPS) is 14.8. The van der Waals surface area contributed by atoms with Crippen LogP contribution in [0, 0.1) is 5.92 Å². The number of methoxy groups -OCH3 is 3. The van der Waals surface area contributed by atoms with E-state index in [2.05, 4.69) is 4.99 Å². The maximum Gasteiger partial charge on any atom is 0.338 e. The minimum atomic E-state index is -0.862. The van der Waals surface area contributed by atoms with Crippen LogP contribution in [-0.2, 0) is 14.3 Å². The molecule has 216 valence electrons. The molecule has 4 rings (SSSR count). The van der Waals surface area contributed by atoms with Crippen molar-refractivity contribution < 1.29 is 33.3 Å². The zero-order valence-electron chi connectivity index (χ0n) is 24.0. The highest BCUT2D eigenvalue weighted by Crippen LogP contribution is 2.36. The van der Waals surface area contributed by atoms with E-state index in [1.807, 2.05) is 19.9 Å². The van der Waals surface area contributed by atoms with Crippen LogP contribution in [0.25, 0.3) is 6.08 Å². The second-order valence-corrected chi connectivity index (χ2v) is 10.7. The third-order valence-corrected chi connectivity index (χ3v) is 7.23. The quantitative estimate of drug-likeness (QED) is 0.280. The lowest BCUT2D eigenvalue weighted by Gasteiger charge is -2.25. The summed E-state index contributed by atoms with van der Waals surface area (Å²) in [6.45, 7) is 7.09. The van der Waals surface area contributed by atoms with Gasteiger partial charge in [0, 0.05) is 6.92 Å². The fourth-order valence-corrected chi connectivity index (χ4v) is 5.45. The molecule has 0 saturated carbocycles. The van der Waals surface area contributed by atoms with E-state index in [-0.39, 0.29) is 35.2 Å². The molecule has 0 aliphatic carbocycles. The van der Waals surface area contributed by atoms with Gasteiger partial charge in [-0.1, -0.05) is 37.3 Å². The fraction of sp³-hybridized carbons (Fsp3) is 0.333. The van der Waals surface area contributed by atoms with Crippen LogP contribution in [0.2, 0.25) is 0 Å². The van der Waals surface area contributed by atoms with Gasteiger partial charge in [-0.05, 0) is 54.3 Å². The summed E-state index contributed by atoms with van der Waals surface area (Å²) in [5.74, 6) is 0.624. The summed E-state index contributed by atoms with van der Waals surface area (Å²) in [5.41, 5.74) is 1.62. The Labute approximate surface area is 241 Å². The predicted octanol–water partition coefficient (Wildman–Crippen LogP) is 3.39. The predicted molar refractivity (Wildman–Crippen MR) is 153 cm³/mol. The van der Waals surface area contributed by atoms with Gasteiger partial charge in [-0.2, -0.15) is 0 Å². The number of carbonyl (C=O) groups excluding carboxylic acids is 2. The standard InChI is InChI=1S/C30H32N2O8S/c1-16(2)15-39-29(35)26-17(3)31-30-32(27(26)20-9-11-22(40-18(4)33)24(14-20)38-7)28(34)25(41-30)13-19-8-10-21(36-5)23(12-19)37-6/h8-14,16,27H,15H2,1-7H3/b25-13+/t27-/m0/s1. The second kappa shape index (κ2) is 12.4. The third-order valence-electron chi connectivity index (χ3n) is 6.25. The molecule has 0 unspecified atom stereocenters. The number of nitrogens with zero attached hydrogens (tertiary/aromatic N) is 2. The number of benzene rings is 2. The molecule has 41 heavy (non-hydrogen) atoms. The Kier molecular flexibility index (Phi) is 8.97. The van der Waals surface area contributed by atoms with Gasteiger partial charge in [0.25, 0.3) is 5.56 Å². The highest BCUT2D eigenvalue weighted by atomic mass is 32.1. The molecule has 0 amide bonds. The highest BCUT2D eigenvalue weighted by molar-refractivity contribution is 7.07. The summed E-state index contributed by atoms with van der Waals surface area (Å²) in [6, 6.07) is 9.38. The number of ether oxygens (including phenoxy) is 5. The van der Waals surface area contributed by atoms with Crippen LogP contribution < -0.4 is 33.8 Å². The zero-order chi connectivity index (χ0) is 29.8. The van der Waals surface area contributed by atoms with Gasteiger partial charge in [0.05, 0.1) is 49.8 Å². The average Bonchev–Trinajstić information content (AvgIpc) is 3.24. The molecule has 1 aliphatic heterocycles. The zero-order valence-corrected chi connectivity index (χ0v) is 24.8. The van der Waals surface area contributed by atoms with E-state index in [4.69, 9.17) is 23.7 Å². The van der Waals surface area contributed by atoms with E-state index in [0.29, 0.717) is 32.1 Å². The number of rotatable bonds is 9. The van der Waals surface area contributed by atoms with Gasteiger partial charge >= 0.3 is 11.9 Å². The van der Waals surface area contributed by atoms with E-state index in [1.54, 1.807) is 57.6 Å². The summed E-state index contributed by atoms with van der Waals surface area (Å²) in [6.07, 6.45) is 1.74. The van der Waals surface area contributed by atoms with Crippen LogP contribution in [0.3, 0.4) is 0 Å². The molecule has 1 aromatic heterocycles. The Hall–Kier alpha value is -4.38. The van der Waals surface area contributed by atoms with Crippen molar-refractivity contribution in [2.75, 3.05) is 27.9 Å².